The third-order valence-corrected chi connectivity index (χ3v) is 3.49. The molecule has 1 heterocycles. The lowest BCUT2D eigenvalue weighted by molar-refractivity contribution is -0.162. The van der Waals surface area contributed by atoms with Gasteiger partial charge in [0, 0.05) is 19.5 Å². The minimum atomic E-state index is -1.12. The summed E-state index contributed by atoms with van der Waals surface area (Å²) >= 11 is 0. The van der Waals surface area contributed by atoms with Crippen molar-refractivity contribution in [3.63, 3.8) is 0 Å². The van der Waals surface area contributed by atoms with E-state index in [0.29, 0.717) is 0 Å². The molecule has 0 aromatic heterocycles. The number of ketones is 1. The maximum atomic E-state index is 12.0. The van der Waals surface area contributed by atoms with Crippen molar-refractivity contribution < 1.29 is 24.2 Å². The van der Waals surface area contributed by atoms with Crippen molar-refractivity contribution >= 4 is 17.8 Å². The highest BCUT2D eigenvalue weighted by Crippen LogP contribution is 2.24. The van der Waals surface area contributed by atoms with E-state index < -0.39 is 18.0 Å². The van der Waals surface area contributed by atoms with Crippen LogP contribution in [-0.2, 0) is 14.3 Å². The molecule has 1 N–H and O–H groups in total. The Morgan fingerprint density at radius 3 is 2.47 bits per heavy atom. The predicted molar refractivity (Wildman–Crippen MR) is 67.7 cm³/mol. The van der Waals surface area contributed by atoms with Crippen LogP contribution in [-0.4, -0.2) is 47.0 Å². The molecule has 1 aliphatic heterocycles. The highest BCUT2D eigenvalue weighted by atomic mass is 16.5. The molecule has 6 nitrogen and oxygen atoms in total. The summed E-state index contributed by atoms with van der Waals surface area (Å²) in [6.07, 6.45) is -1.39. The van der Waals surface area contributed by atoms with Gasteiger partial charge in [0.1, 0.15) is 12.0 Å². The highest BCUT2D eigenvalue weighted by Gasteiger charge is 2.37. The Balaban J connectivity index is 2.69. The van der Waals surface area contributed by atoms with Crippen LogP contribution in [0.3, 0.4) is 0 Å². The zero-order valence-corrected chi connectivity index (χ0v) is 11.8. The molecule has 6 heteroatoms. The van der Waals surface area contributed by atoms with Crippen LogP contribution in [0.4, 0.5) is 4.79 Å². The first-order valence-electron chi connectivity index (χ1n) is 6.34. The number of amides is 1. The van der Waals surface area contributed by atoms with Gasteiger partial charge in [-0.25, -0.2) is 4.79 Å². The zero-order valence-electron chi connectivity index (χ0n) is 11.8. The molecular weight excluding hydrogens is 250 g/mol. The predicted octanol–water partition coefficient (Wildman–Crippen LogP) is 1.53. The largest absolute Gasteiger partial charge is 0.465 e. The van der Waals surface area contributed by atoms with Gasteiger partial charge in [-0.3, -0.25) is 9.59 Å². The Hall–Kier alpha value is -1.59. The lowest BCUT2D eigenvalue weighted by Crippen LogP contribution is -2.47. The van der Waals surface area contributed by atoms with Crippen LogP contribution in [0.5, 0.6) is 0 Å². The van der Waals surface area contributed by atoms with Crippen LogP contribution in [0.25, 0.3) is 0 Å². The number of piperidine rings is 1. The van der Waals surface area contributed by atoms with Crippen LogP contribution < -0.4 is 0 Å². The molecule has 0 aromatic carbocycles. The number of hydrogen-bond acceptors (Lipinski definition) is 4. The minimum Gasteiger partial charge on any atom is -0.465 e. The summed E-state index contributed by atoms with van der Waals surface area (Å²) in [7, 11) is 0. The van der Waals surface area contributed by atoms with E-state index in [9.17, 15) is 14.4 Å². The van der Waals surface area contributed by atoms with Gasteiger partial charge >= 0.3 is 12.1 Å². The standard InChI is InChI=1S/C13H21NO5/c1-8(13(2,3)4)19-11(16)9-7-14(12(17)18)6-5-10(9)15/h8-9H,5-7H2,1-4H3,(H,17,18). The summed E-state index contributed by atoms with van der Waals surface area (Å²) in [4.78, 5) is 35.6. The first kappa shape index (κ1) is 15.5. The average Bonchev–Trinajstić information content (AvgIpc) is 2.27. The molecule has 0 aliphatic carbocycles. The molecular formula is C13H21NO5. The van der Waals surface area contributed by atoms with Crippen molar-refractivity contribution in [1.29, 1.82) is 0 Å². The Bertz CT molecular complexity index is 385. The molecule has 1 rings (SSSR count). The fourth-order valence-electron chi connectivity index (χ4n) is 1.65. The molecule has 0 saturated carbocycles. The molecule has 0 aromatic rings. The number of esters is 1. The third kappa shape index (κ3) is 3.94. The summed E-state index contributed by atoms with van der Waals surface area (Å²) in [6.45, 7) is 7.59. The van der Waals surface area contributed by atoms with Gasteiger partial charge in [-0.2, -0.15) is 0 Å². The monoisotopic (exact) mass is 271 g/mol. The van der Waals surface area contributed by atoms with Crippen LogP contribution in [0.15, 0.2) is 0 Å². The first-order chi connectivity index (χ1) is 8.62. The second kappa shape index (κ2) is 5.59. The van der Waals surface area contributed by atoms with Crippen molar-refractivity contribution in [2.24, 2.45) is 11.3 Å². The number of hydrogen-bond donors (Lipinski definition) is 1. The van der Waals surface area contributed by atoms with E-state index in [1.54, 1.807) is 6.92 Å². The van der Waals surface area contributed by atoms with Crippen LogP contribution in [0, 0.1) is 11.3 Å². The van der Waals surface area contributed by atoms with Gasteiger partial charge in [0.15, 0.2) is 5.78 Å². The van der Waals surface area contributed by atoms with Crippen LogP contribution >= 0.6 is 0 Å². The number of ether oxygens (including phenoxy) is 1. The van der Waals surface area contributed by atoms with Crippen molar-refractivity contribution in [1.82, 2.24) is 4.90 Å². The SMILES string of the molecule is CC(OC(=O)C1CN(C(=O)O)CCC1=O)C(C)(C)C. The summed E-state index contributed by atoms with van der Waals surface area (Å²) in [6, 6.07) is 0. The van der Waals surface area contributed by atoms with Crippen LogP contribution in [0.1, 0.15) is 34.1 Å². The second-order valence-electron chi connectivity index (χ2n) is 5.94. The van der Waals surface area contributed by atoms with E-state index >= 15 is 0 Å². The van der Waals surface area contributed by atoms with Crippen molar-refractivity contribution in [3.8, 4) is 0 Å². The number of carbonyl (C=O) groups excluding carboxylic acids is 2. The van der Waals surface area contributed by atoms with E-state index in [1.807, 2.05) is 20.8 Å². The average molecular weight is 271 g/mol. The number of Topliss-reactive ketones (excluding diaryl/α,β-unsaturated/α-hetero) is 1. The summed E-state index contributed by atoms with van der Waals surface area (Å²) in [5.41, 5.74) is -0.222. The number of rotatable bonds is 2. The number of nitrogens with zero attached hydrogens (tertiary/aromatic N) is 1. The summed E-state index contributed by atoms with van der Waals surface area (Å²) < 4.78 is 5.27. The molecule has 2 atom stereocenters. The van der Waals surface area contributed by atoms with Gasteiger partial charge < -0.3 is 14.7 Å². The number of likely N-dealkylation sites (tertiary alicyclic amines) is 1. The van der Waals surface area contributed by atoms with Gasteiger partial charge in [0.2, 0.25) is 0 Å². The smallest absolute Gasteiger partial charge is 0.407 e. The lowest BCUT2D eigenvalue weighted by Gasteiger charge is -2.32. The van der Waals surface area contributed by atoms with E-state index in [1.165, 1.54) is 0 Å². The quantitative estimate of drug-likeness (QED) is 0.608. The first-order valence-corrected chi connectivity index (χ1v) is 6.34. The van der Waals surface area contributed by atoms with Crippen molar-refractivity contribution in [2.75, 3.05) is 13.1 Å². The molecule has 0 spiro atoms. The topological polar surface area (TPSA) is 83.9 Å². The normalized spacial score (nSPS) is 22.0. The minimum absolute atomic E-state index is 0.0654. The van der Waals surface area contributed by atoms with Gasteiger partial charge in [-0.05, 0) is 12.3 Å². The summed E-state index contributed by atoms with van der Waals surface area (Å²) in [5.74, 6) is -1.86. The fourth-order valence-corrected chi connectivity index (χ4v) is 1.65. The van der Waals surface area contributed by atoms with E-state index in [-0.39, 0.29) is 36.8 Å². The molecule has 2 unspecified atom stereocenters. The third-order valence-electron chi connectivity index (χ3n) is 3.49. The van der Waals surface area contributed by atoms with E-state index in [2.05, 4.69) is 0 Å². The maximum Gasteiger partial charge on any atom is 0.407 e. The Kier molecular flexibility index (Phi) is 4.55. The summed E-state index contributed by atoms with van der Waals surface area (Å²) in [5, 5.41) is 8.90. The molecule has 0 radical (unpaired) electrons. The van der Waals surface area contributed by atoms with Gasteiger partial charge in [-0.15, -0.1) is 0 Å². The maximum absolute atomic E-state index is 12.0. The lowest BCUT2D eigenvalue weighted by atomic mass is 9.90. The molecule has 19 heavy (non-hydrogen) atoms. The second-order valence-corrected chi connectivity index (χ2v) is 5.94. The van der Waals surface area contributed by atoms with Gasteiger partial charge in [0.25, 0.3) is 0 Å². The van der Waals surface area contributed by atoms with E-state index in [4.69, 9.17) is 9.84 Å². The molecule has 1 fully saturated rings. The number of carbonyl (C=O) groups is 3. The molecule has 1 aliphatic rings. The zero-order chi connectivity index (χ0) is 14.8. The van der Waals surface area contributed by atoms with Crippen LogP contribution in [0.2, 0.25) is 0 Å². The molecule has 1 amide bonds. The molecule has 0 bridgehead atoms. The Labute approximate surface area is 112 Å². The van der Waals surface area contributed by atoms with Gasteiger partial charge in [-0.1, -0.05) is 20.8 Å². The van der Waals surface area contributed by atoms with E-state index in [0.717, 1.165) is 4.90 Å². The Morgan fingerprint density at radius 2 is 2.00 bits per heavy atom. The fraction of sp³-hybridized carbons (Fsp3) is 0.769. The van der Waals surface area contributed by atoms with Gasteiger partial charge in [0.05, 0.1) is 0 Å². The molecule has 1 saturated heterocycles. The highest BCUT2D eigenvalue weighted by molar-refractivity contribution is 6.00. The van der Waals surface area contributed by atoms with Crippen molar-refractivity contribution in [3.05, 3.63) is 0 Å². The van der Waals surface area contributed by atoms with Crippen molar-refractivity contribution in [2.45, 2.75) is 40.2 Å². The molecule has 108 valence electrons. The Morgan fingerprint density at radius 1 is 1.42 bits per heavy atom. The number of carboxylic acid groups (broad SMARTS) is 1.